The van der Waals surface area contributed by atoms with Crippen molar-refractivity contribution in [1.82, 2.24) is 0 Å². The van der Waals surface area contributed by atoms with Crippen LogP contribution in [0.2, 0.25) is 0 Å². The molecule has 0 bridgehead atoms. The molecule has 2 aliphatic rings. The van der Waals surface area contributed by atoms with Crippen molar-refractivity contribution in [2.24, 2.45) is 0 Å². The summed E-state index contributed by atoms with van der Waals surface area (Å²) in [6.07, 6.45) is -14.5. The monoisotopic (exact) mass is 450 g/mol. The van der Waals surface area contributed by atoms with Gasteiger partial charge in [-0.2, -0.15) is 0 Å². The van der Waals surface area contributed by atoms with E-state index < -0.39 is 74.6 Å². The molecule has 13 nitrogen and oxygen atoms in total. The standard InChI is InChI=1S/C18H26O13/c19-3-7-1-2-8(29-7)5-27-17-16(26)14(24)12(22)10(31-17)6-28-18-15(25)13(23)11(21)9(4-20)30-18/h1-3,9-18,20-26H,4-6H2/t9-,10-,11+,12+,13+,14+,15-,16-,17+,18+/m1/s1. The van der Waals surface area contributed by atoms with Gasteiger partial charge in [-0.3, -0.25) is 4.79 Å². The van der Waals surface area contributed by atoms with Crippen LogP contribution in [0, 0.1) is 0 Å². The van der Waals surface area contributed by atoms with Crippen LogP contribution >= 0.6 is 0 Å². The molecule has 7 N–H and O–H groups in total. The predicted octanol–water partition coefficient (Wildman–Crippen LogP) is -3.77. The average Bonchev–Trinajstić information content (AvgIpc) is 3.24. The smallest absolute Gasteiger partial charge is 0.187 e. The topological polar surface area (TPSA) is 209 Å². The van der Waals surface area contributed by atoms with Crippen LogP contribution < -0.4 is 0 Å². The number of aliphatic hydroxyl groups is 7. The van der Waals surface area contributed by atoms with Crippen molar-refractivity contribution in [2.75, 3.05) is 13.2 Å². The lowest BCUT2D eigenvalue weighted by Gasteiger charge is -2.42. The van der Waals surface area contributed by atoms with Gasteiger partial charge in [-0.05, 0) is 12.1 Å². The maximum Gasteiger partial charge on any atom is 0.187 e. The van der Waals surface area contributed by atoms with Gasteiger partial charge in [0.2, 0.25) is 0 Å². The lowest BCUT2D eigenvalue weighted by molar-refractivity contribution is -0.332. The van der Waals surface area contributed by atoms with Gasteiger partial charge in [-0.25, -0.2) is 0 Å². The molecule has 2 fully saturated rings. The molecule has 2 saturated heterocycles. The summed E-state index contributed by atoms with van der Waals surface area (Å²) in [6, 6.07) is 2.89. The Hall–Kier alpha value is -1.49. The molecular formula is C18H26O13. The van der Waals surface area contributed by atoms with Crippen molar-refractivity contribution in [1.29, 1.82) is 0 Å². The fraction of sp³-hybridized carbons (Fsp3) is 0.722. The van der Waals surface area contributed by atoms with E-state index in [-0.39, 0.29) is 18.1 Å². The summed E-state index contributed by atoms with van der Waals surface area (Å²) in [5, 5.41) is 69.2. The molecule has 0 amide bonds. The first kappa shape index (κ1) is 24.2. The molecule has 0 spiro atoms. The summed E-state index contributed by atoms with van der Waals surface area (Å²) < 4.78 is 26.5. The summed E-state index contributed by atoms with van der Waals surface area (Å²) in [7, 11) is 0. The minimum atomic E-state index is -1.66. The van der Waals surface area contributed by atoms with Crippen LogP contribution in [-0.4, -0.2) is 117 Å². The third kappa shape index (κ3) is 5.30. The quantitative estimate of drug-likeness (QED) is 0.190. The predicted molar refractivity (Wildman–Crippen MR) is 95.3 cm³/mol. The SMILES string of the molecule is O=Cc1ccc(CO[C@H]2O[C@H](CO[C@H]3O[C@H](CO)[C@H](O)[C@H](O)[C@H]3O)[C@H](O)[C@H](O)[C@H]2O)o1. The maximum absolute atomic E-state index is 10.7. The van der Waals surface area contributed by atoms with E-state index in [9.17, 15) is 40.5 Å². The van der Waals surface area contributed by atoms with Gasteiger partial charge in [-0.1, -0.05) is 0 Å². The number of aldehydes is 1. The van der Waals surface area contributed by atoms with Gasteiger partial charge in [0.25, 0.3) is 0 Å². The third-order valence-electron chi connectivity index (χ3n) is 5.13. The Labute approximate surface area is 175 Å². The number of furan rings is 1. The van der Waals surface area contributed by atoms with Crippen molar-refractivity contribution < 1.29 is 63.9 Å². The van der Waals surface area contributed by atoms with Crippen molar-refractivity contribution in [3.05, 3.63) is 23.7 Å². The highest BCUT2D eigenvalue weighted by atomic mass is 16.7. The van der Waals surface area contributed by atoms with Gasteiger partial charge < -0.3 is 59.1 Å². The minimum absolute atomic E-state index is 0.0740. The molecule has 1 aromatic rings. The van der Waals surface area contributed by atoms with Crippen molar-refractivity contribution in [2.45, 2.75) is 68.0 Å². The summed E-state index contributed by atoms with van der Waals surface area (Å²) in [5.41, 5.74) is 0. The first-order valence-electron chi connectivity index (χ1n) is 9.54. The summed E-state index contributed by atoms with van der Waals surface area (Å²) in [6.45, 7) is -1.32. The largest absolute Gasteiger partial charge is 0.456 e. The fourth-order valence-corrected chi connectivity index (χ4v) is 3.29. The fourth-order valence-electron chi connectivity index (χ4n) is 3.29. The van der Waals surface area contributed by atoms with E-state index in [1.807, 2.05) is 0 Å². The highest BCUT2D eigenvalue weighted by molar-refractivity contribution is 5.70. The second-order valence-corrected chi connectivity index (χ2v) is 7.28. The Kier molecular flexibility index (Phi) is 8.12. The van der Waals surface area contributed by atoms with E-state index in [1.54, 1.807) is 0 Å². The Morgan fingerprint density at radius 1 is 0.806 bits per heavy atom. The molecule has 0 unspecified atom stereocenters. The van der Waals surface area contributed by atoms with Crippen LogP contribution in [0.1, 0.15) is 16.3 Å². The number of rotatable bonds is 8. The number of carbonyl (C=O) groups excluding carboxylic acids is 1. The molecule has 31 heavy (non-hydrogen) atoms. The van der Waals surface area contributed by atoms with Gasteiger partial charge in [0.15, 0.2) is 24.6 Å². The number of hydrogen-bond donors (Lipinski definition) is 7. The van der Waals surface area contributed by atoms with Crippen molar-refractivity contribution in [3.8, 4) is 0 Å². The zero-order valence-corrected chi connectivity index (χ0v) is 16.2. The molecule has 0 aromatic carbocycles. The van der Waals surface area contributed by atoms with Crippen LogP contribution in [-0.2, 0) is 25.6 Å². The lowest BCUT2D eigenvalue weighted by Crippen LogP contribution is -2.61. The van der Waals surface area contributed by atoms with E-state index in [2.05, 4.69) is 0 Å². The highest BCUT2D eigenvalue weighted by Crippen LogP contribution is 2.26. The molecular weight excluding hydrogens is 424 g/mol. The second-order valence-electron chi connectivity index (χ2n) is 7.28. The Balaban J connectivity index is 1.58. The van der Waals surface area contributed by atoms with Gasteiger partial charge in [0, 0.05) is 0 Å². The number of aliphatic hydroxyl groups excluding tert-OH is 7. The van der Waals surface area contributed by atoms with Crippen LogP contribution in [0.25, 0.3) is 0 Å². The van der Waals surface area contributed by atoms with Crippen LogP contribution in [0.15, 0.2) is 16.5 Å². The molecule has 13 heteroatoms. The molecule has 2 aliphatic heterocycles. The summed E-state index contributed by atoms with van der Waals surface area (Å²) in [4.78, 5) is 10.7. The number of hydrogen-bond acceptors (Lipinski definition) is 13. The van der Waals surface area contributed by atoms with E-state index in [4.69, 9.17) is 23.4 Å². The van der Waals surface area contributed by atoms with Gasteiger partial charge in [-0.15, -0.1) is 0 Å². The second kappa shape index (κ2) is 10.4. The highest BCUT2D eigenvalue weighted by Gasteiger charge is 2.47. The molecule has 3 heterocycles. The average molecular weight is 450 g/mol. The molecule has 10 atom stereocenters. The van der Waals surface area contributed by atoms with Gasteiger partial charge >= 0.3 is 0 Å². The van der Waals surface area contributed by atoms with E-state index in [0.29, 0.717) is 6.29 Å². The Morgan fingerprint density at radius 2 is 1.39 bits per heavy atom. The first-order valence-corrected chi connectivity index (χ1v) is 9.54. The molecule has 176 valence electrons. The summed E-state index contributed by atoms with van der Waals surface area (Å²) in [5.74, 6) is 0.331. The lowest BCUT2D eigenvalue weighted by atomic mass is 9.98. The van der Waals surface area contributed by atoms with Crippen molar-refractivity contribution in [3.63, 3.8) is 0 Å². The van der Waals surface area contributed by atoms with Crippen LogP contribution in [0.3, 0.4) is 0 Å². The molecule has 0 aliphatic carbocycles. The van der Waals surface area contributed by atoms with Crippen LogP contribution in [0.4, 0.5) is 0 Å². The van der Waals surface area contributed by atoms with Gasteiger partial charge in [0.1, 0.15) is 61.2 Å². The van der Waals surface area contributed by atoms with E-state index >= 15 is 0 Å². The zero-order valence-electron chi connectivity index (χ0n) is 16.2. The summed E-state index contributed by atoms with van der Waals surface area (Å²) >= 11 is 0. The zero-order chi connectivity index (χ0) is 22.7. The third-order valence-corrected chi connectivity index (χ3v) is 5.13. The van der Waals surface area contributed by atoms with E-state index in [1.165, 1.54) is 12.1 Å². The minimum Gasteiger partial charge on any atom is -0.456 e. The maximum atomic E-state index is 10.7. The first-order chi connectivity index (χ1) is 14.8. The molecule has 3 rings (SSSR count). The number of ether oxygens (including phenoxy) is 4. The van der Waals surface area contributed by atoms with Crippen LogP contribution in [0.5, 0.6) is 0 Å². The number of carbonyl (C=O) groups is 1. The Morgan fingerprint density at radius 3 is 1.97 bits per heavy atom. The van der Waals surface area contributed by atoms with Crippen molar-refractivity contribution >= 4 is 6.29 Å². The molecule has 0 radical (unpaired) electrons. The van der Waals surface area contributed by atoms with E-state index in [0.717, 1.165) is 0 Å². The Bertz CT molecular complexity index is 708. The normalized spacial score (nSPS) is 41.3. The van der Waals surface area contributed by atoms with Gasteiger partial charge in [0.05, 0.1) is 13.2 Å². The molecule has 1 aromatic heterocycles. The molecule has 0 saturated carbocycles.